The summed E-state index contributed by atoms with van der Waals surface area (Å²) in [4.78, 5) is 28.7. The van der Waals surface area contributed by atoms with Crippen molar-refractivity contribution >= 4 is 33.7 Å². The van der Waals surface area contributed by atoms with Crippen molar-refractivity contribution in [3.63, 3.8) is 0 Å². The van der Waals surface area contributed by atoms with Gasteiger partial charge in [0.25, 0.3) is 0 Å². The predicted molar refractivity (Wildman–Crippen MR) is 103 cm³/mol. The summed E-state index contributed by atoms with van der Waals surface area (Å²) in [6.45, 7) is 1.70. The molecule has 1 N–H and O–H groups in total. The third kappa shape index (κ3) is 3.91. The van der Waals surface area contributed by atoms with Crippen LogP contribution in [0, 0.1) is 18.8 Å². The van der Waals surface area contributed by atoms with Crippen LogP contribution in [-0.2, 0) is 0 Å². The second-order valence-corrected chi connectivity index (χ2v) is 6.31. The summed E-state index contributed by atoms with van der Waals surface area (Å²) in [5.74, 6) is 4.59. The Morgan fingerprint density at radius 1 is 1.27 bits per heavy atom. The van der Waals surface area contributed by atoms with Gasteiger partial charge in [-0.25, -0.2) is 4.99 Å². The highest BCUT2D eigenvalue weighted by atomic mass is 32.1. The van der Waals surface area contributed by atoms with Crippen molar-refractivity contribution in [2.45, 2.75) is 6.92 Å². The number of rotatable bonds is 2. The summed E-state index contributed by atoms with van der Waals surface area (Å²) in [6.07, 6.45) is 1.42. The Balaban J connectivity index is 1.96. The number of aryl methyl sites for hydroxylation is 1. The number of aliphatic imine (C=N–C) groups is 1. The minimum Gasteiger partial charge on any atom is -0.384 e. The number of benzene rings is 2. The van der Waals surface area contributed by atoms with E-state index in [1.807, 2.05) is 31.2 Å². The number of aliphatic hydroxyl groups excluding tert-OH is 1. The Hall–Kier alpha value is -3.14. The molecular weight excluding hydrogens is 348 g/mol. The quantitative estimate of drug-likeness (QED) is 0.561. The normalized spacial score (nSPS) is 10.7. The maximum atomic E-state index is 12.6. The lowest BCUT2D eigenvalue weighted by Crippen LogP contribution is -2.15. The summed E-state index contributed by atoms with van der Waals surface area (Å²) >= 11 is 1.06. The van der Waals surface area contributed by atoms with Gasteiger partial charge >= 0.3 is 5.91 Å². The zero-order valence-electron chi connectivity index (χ0n) is 13.9. The largest absolute Gasteiger partial charge is 0.384 e. The van der Waals surface area contributed by atoms with Crippen molar-refractivity contribution in [3.8, 4) is 11.8 Å². The minimum atomic E-state index is -0.680. The van der Waals surface area contributed by atoms with Crippen LogP contribution in [-0.4, -0.2) is 28.2 Å². The molecule has 0 spiro atoms. The summed E-state index contributed by atoms with van der Waals surface area (Å²) in [5, 5.41) is 9.14. The van der Waals surface area contributed by atoms with Gasteiger partial charge < -0.3 is 5.11 Å². The van der Waals surface area contributed by atoms with Gasteiger partial charge in [0.05, 0.1) is 4.70 Å². The van der Waals surface area contributed by atoms with Gasteiger partial charge in [-0.2, -0.15) is 4.37 Å². The molecular formula is C20H14N2O3S. The first kappa shape index (κ1) is 17.7. The maximum absolute atomic E-state index is 12.6. The third-order valence-corrected chi connectivity index (χ3v) is 4.42. The fraction of sp³-hybridized carbons (Fsp3) is 0.100. The van der Waals surface area contributed by atoms with E-state index in [-0.39, 0.29) is 12.3 Å². The number of carbonyl (C=O) groups is 1. The lowest BCUT2D eigenvalue weighted by Gasteiger charge is -1.99. The highest BCUT2D eigenvalue weighted by molar-refractivity contribution is 7.12. The molecule has 128 valence electrons. The van der Waals surface area contributed by atoms with Crippen molar-refractivity contribution in [3.05, 3.63) is 75.1 Å². The SMILES string of the molecule is Cc1ccc(C=NC(=O)c2nsc3ccc(C#CCO)cc3c2=O)cc1. The second-order valence-electron chi connectivity index (χ2n) is 5.51. The number of amides is 1. The molecule has 0 aliphatic carbocycles. The van der Waals surface area contributed by atoms with E-state index in [0.29, 0.717) is 15.6 Å². The Bertz CT molecular complexity index is 1120. The van der Waals surface area contributed by atoms with Gasteiger partial charge in [-0.1, -0.05) is 41.7 Å². The summed E-state index contributed by atoms with van der Waals surface area (Å²) in [6, 6.07) is 12.6. The molecule has 0 unspecified atom stereocenters. The van der Waals surface area contributed by atoms with E-state index in [9.17, 15) is 9.59 Å². The van der Waals surface area contributed by atoms with Crippen LogP contribution in [0.15, 0.2) is 52.3 Å². The highest BCUT2D eigenvalue weighted by Crippen LogP contribution is 2.16. The van der Waals surface area contributed by atoms with E-state index in [4.69, 9.17) is 5.11 Å². The van der Waals surface area contributed by atoms with Crippen molar-refractivity contribution in [2.75, 3.05) is 6.61 Å². The first-order chi connectivity index (χ1) is 12.6. The zero-order valence-corrected chi connectivity index (χ0v) is 14.7. The molecule has 3 rings (SSSR count). The Labute approximate surface area is 153 Å². The van der Waals surface area contributed by atoms with Crippen molar-refractivity contribution in [1.29, 1.82) is 0 Å². The Morgan fingerprint density at radius 3 is 2.77 bits per heavy atom. The molecule has 2 aromatic carbocycles. The average molecular weight is 362 g/mol. The van der Waals surface area contributed by atoms with Gasteiger partial charge in [-0.3, -0.25) is 9.59 Å². The van der Waals surface area contributed by atoms with Gasteiger partial charge in [0.1, 0.15) is 6.61 Å². The maximum Gasteiger partial charge on any atom is 0.300 e. The Kier molecular flexibility index (Phi) is 5.32. The van der Waals surface area contributed by atoms with Crippen LogP contribution >= 0.6 is 11.5 Å². The van der Waals surface area contributed by atoms with E-state index in [1.165, 1.54) is 6.21 Å². The number of aliphatic hydroxyl groups is 1. The average Bonchev–Trinajstić information content (AvgIpc) is 2.66. The van der Waals surface area contributed by atoms with Crippen LogP contribution < -0.4 is 5.43 Å². The lowest BCUT2D eigenvalue weighted by atomic mass is 10.1. The second kappa shape index (κ2) is 7.83. The van der Waals surface area contributed by atoms with E-state index < -0.39 is 11.3 Å². The summed E-state index contributed by atoms with van der Waals surface area (Å²) in [5.41, 5.74) is 1.77. The molecule has 1 amide bonds. The number of carbonyl (C=O) groups excluding carboxylic acids is 1. The van der Waals surface area contributed by atoms with Crippen LogP contribution in [0.4, 0.5) is 0 Å². The minimum absolute atomic E-state index is 0.210. The summed E-state index contributed by atoms with van der Waals surface area (Å²) in [7, 11) is 0. The molecule has 5 nitrogen and oxygen atoms in total. The van der Waals surface area contributed by atoms with Crippen LogP contribution in [0.3, 0.4) is 0 Å². The van der Waals surface area contributed by atoms with Gasteiger partial charge in [0.2, 0.25) is 5.43 Å². The van der Waals surface area contributed by atoms with Crippen LogP contribution in [0.25, 0.3) is 10.1 Å². The van der Waals surface area contributed by atoms with Crippen LogP contribution in [0.2, 0.25) is 0 Å². The lowest BCUT2D eigenvalue weighted by molar-refractivity contribution is 0.0998. The molecule has 0 aliphatic heterocycles. The molecule has 1 aromatic heterocycles. The fourth-order valence-corrected chi connectivity index (χ4v) is 2.98. The molecule has 0 saturated heterocycles. The van der Waals surface area contributed by atoms with Crippen molar-refractivity contribution in [2.24, 2.45) is 4.99 Å². The first-order valence-corrected chi connectivity index (χ1v) is 8.54. The number of fused-ring (bicyclic) bond motifs is 1. The predicted octanol–water partition coefficient (Wildman–Crippen LogP) is 2.57. The number of nitrogens with zero attached hydrogens (tertiary/aromatic N) is 2. The van der Waals surface area contributed by atoms with Gasteiger partial charge in [0.15, 0.2) is 5.69 Å². The standard InChI is InChI=1S/C20H14N2O3S/c1-13-4-6-15(7-5-13)12-21-20(25)18-19(24)16-11-14(3-2-10-23)8-9-17(16)26-22-18/h4-9,11-12,23H,10H2,1H3. The number of hydrogen-bond donors (Lipinski definition) is 1. The number of hydrogen-bond acceptors (Lipinski definition) is 5. The van der Waals surface area contributed by atoms with Crippen molar-refractivity contribution in [1.82, 2.24) is 4.37 Å². The number of aromatic nitrogens is 1. The fourth-order valence-electron chi connectivity index (χ4n) is 2.25. The molecule has 3 aromatic rings. The van der Waals surface area contributed by atoms with Crippen LogP contribution in [0.1, 0.15) is 27.2 Å². The zero-order chi connectivity index (χ0) is 18.5. The van der Waals surface area contributed by atoms with Gasteiger partial charge in [0, 0.05) is 17.2 Å². The van der Waals surface area contributed by atoms with E-state index in [2.05, 4.69) is 21.2 Å². The van der Waals surface area contributed by atoms with Gasteiger partial charge in [-0.05, 0) is 42.2 Å². The molecule has 0 radical (unpaired) electrons. The highest BCUT2D eigenvalue weighted by Gasteiger charge is 2.14. The molecule has 26 heavy (non-hydrogen) atoms. The monoisotopic (exact) mass is 362 g/mol. The summed E-state index contributed by atoms with van der Waals surface area (Å²) < 4.78 is 4.67. The molecule has 0 aliphatic rings. The molecule has 0 fully saturated rings. The molecule has 1 heterocycles. The van der Waals surface area contributed by atoms with Gasteiger partial charge in [-0.15, -0.1) is 0 Å². The van der Waals surface area contributed by atoms with E-state index in [1.54, 1.807) is 18.2 Å². The molecule has 6 heteroatoms. The molecule has 0 bridgehead atoms. The first-order valence-electron chi connectivity index (χ1n) is 7.77. The Morgan fingerprint density at radius 2 is 2.04 bits per heavy atom. The molecule has 0 saturated carbocycles. The smallest absolute Gasteiger partial charge is 0.300 e. The third-order valence-electron chi connectivity index (χ3n) is 3.60. The molecule has 0 atom stereocenters. The van der Waals surface area contributed by atoms with E-state index >= 15 is 0 Å². The van der Waals surface area contributed by atoms with Crippen molar-refractivity contribution < 1.29 is 9.90 Å². The van der Waals surface area contributed by atoms with E-state index in [0.717, 1.165) is 22.7 Å². The topological polar surface area (TPSA) is 79.6 Å². The van der Waals surface area contributed by atoms with Crippen LogP contribution in [0.5, 0.6) is 0 Å².